The van der Waals surface area contributed by atoms with E-state index in [1.807, 2.05) is 73.3 Å². The van der Waals surface area contributed by atoms with Gasteiger partial charge in [0.2, 0.25) is 5.82 Å². The van der Waals surface area contributed by atoms with E-state index >= 15 is 0 Å². The molecule has 1 amide bonds. The number of pyridine rings is 1. The zero-order chi connectivity index (χ0) is 38.2. The van der Waals surface area contributed by atoms with Crippen LogP contribution in [-0.2, 0) is 31.4 Å². The SMILES string of the molecule is Cc1c(Nc2ncnc3cc(CN4CCC(O)C4)cnc23)cccc1-c1cccc(N(Cl)C(=O)c2nc3c(n2C)CCN(CC2CCC(C(=O)O)CC2)C3)c1. The number of amides is 1. The minimum absolute atomic E-state index is 0.217. The lowest BCUT2D eigenvalue weighted by Crippen LogP contribution is -2.36. The summed E-state index contributed by atoms with van der Waals surface area (Å²) in [6, 6.07) is 15.6. The van der Waals surface area contributed by atoms with E-state index < -0.39 is 11.9 Å². The molecule has 1 atom stereocenters. The molecule has 1 aliphatic carbocycles. The van der Waals surface area contributed by atoms with Crippen molar-refractivity contribution in [2.45, 2.75) is 64.6 Å². The molecule has 3 aromatic heterocycles. The second-order valence-corrected chi connectivity index (χ2v) is 15.6. The van der Waals surface area contributed by atoms with Crippen molar-refractivity contribution in [2.75, 3.05) is 35.9 Å². The van der Waals surface area contributed by atoms with Crippen LogP contribution in [0.2, 0.25) is 0 Å². The Morgan fingerprint density at radius 1 is 1.00 bits per heavy atom. The molecule has 3 aliphatic rings. The lowest BCUT2D eigenvalue weighted by Gasteiger charge is -2.33. The minimum atomic E-state index is -0.679. The summed E-state index contributed by atoms with van der Waals surface area (Å²) in [5.74, 6) is 0.0813. The number of carbonyl (C=O) groups excluding carboxylic acids is 1. The summed E-state index contributed by atoms with van der Waals surface area (Å²) in [6.07, 6.45) is 8.02. The molecule has 0 bridgehead atoms. The second-order valence-electron chi connectivity index (χ2n) is 15.3. The maximum atomic E-state index is 13.9. The van der Waals surface area contributed by atoms with Crippen molar-refractivity contribution in [1.82, 2.24) is 34.3 Å². The van der Waals surface area contributed by atoms with Crippen molar-refractivity contribution < 1.29 is 19.8 Å². The number of imidazole rings is 1. The van der Waals surface area contributed by atoms with E-state index in [0.717, 1.165) is 107 Å². The van der Waals surface area contributed by atoms with Crippen molar-refractivity contribution in [3.63, 3.8) is 0 Å². The van der Waals surface area contributed by atoms with Gasteiger partial charge >= 0.3 is 11.9 Å². The maximum absolute atomic E-state index is 13.9. The third-order valence-corrected chi connectivity index (χ3v) is 11.9. The van der Waals surface area contributed by atoms with Crippen LogP contribution in [0.25, 0.3) is 22.2 Å². The van der Waals surface area contributed by atoms with Gasteiger partial charge in [0.25, 0.3) is 0 Å². The first-order valence-electron chi connectivity index (χ1n) is 19.1. The summed E-state index contributed by atoms with van der Waals surface area (Å²) in [5, 5.41) is 22.8. The summed E-state index contributed by atoms with van der Waals surface area (Å²) >= 11 is 6.81. The Morgan fingerprint density at radius 3 is 2.60 bits per heavy atom. The number of hydrogen-bond donors (Lipinski definition) is 3. The number of aromatic nitrogens is 5. The monoisotopic (exact) mass is 763 g/mol. The van der Waals surface area contributed by atoms with E-state index in [0.29, 0.717) is 48.4 Å². The first-order valence-corrected chi connectivity index (χ1v) is 19.4. The molecule has 2 aromatic carbocycles. The van der Waals surface area contributed by atoms with Crippen LogP contribution in [0.3, 0.4) is 0 Å². The fourth-order valence-electron chi connectivity index (χ4n) is 8.48. The van der Waals surface area contributed by atoms with E-state index in [9.17, 15) is 19.8 Å². The van der Waals surface area contributed by atoms with Gasteiger partial charge in [0.05, 0.1) is 28.9 Å². The number of likely N-dealkylation sites (tertiary alicyclic amines) is 1. The number of carbonyl (C=O) groups is 2. The van der Waals surface area contributed by atoms with E-state index in [1.54, 1.807) is 0 Å². The van der Waals surface area contributed by atoms with Crippen LogP contribution in [-0.4, -0.2) is 88.7 Å². The van der Waals surface area contributed by atoms with E-state index in [-0.39, 0.29) is 12.0 Å². The average molecular weight is 764 g/mol. The quantitative estimate of drug-likeness (QED) is 0.142. The van der Waals surface area contributed by atoms with E-state index in [2.05, 4.69) is 25.1 Å². The largest absolute Gasteiger partial charge is 0.481 e. The number of rotatable bonds is 10. The van der Waals surface area contributed by atoms with Gasteiger partial charge in [-0.25, -0.2) is 19.4 Å². The number of aliphatic carboxylic acids is 1. The van der Waals surface area contributed by atoms with Gasteiger partial charge in [0.15, 0.2) is 5.82 Å². The summed E-state index contributed by atoms with van der Waals surface area (Å²) in [7, 11) is 1.88. The van der Waals surface area contributed by atoms with Crippen molar-refractivity contribution in [3.8, 4) is 11.1 Å². The van der Waals surface area contributed by atoms with Gasteiger partial charge in [-0.15, -0.1) is 0 Å². The lowest BCUT2D eigenvalue weighted by molar-refractivity contribution is -0.143. The molecule has 2 fully saturated rings. The predicted octanol–water partition coefficient (Wildman–Crippen LogP) is 6.09. The van der Waals surface area contributed by atoms with Gasteiger partial charge in [-0.1, -0.05) is 24.3 Å². The molecule has 5 aromatic rings. The number of fused-ring (bicyclic) bond motifs is 2. The zero-order valence-electron chi connectivity index (χ0n) is 31.2. The van der Waals surface area contributed by atoms with Crippen LogP contribution in [0.4, 0.5) is 17.2 Å². The highest BCUT2D eigenvalue weighted by Crippen LogP contribution is 2.35. The van der Waals surface area contributed by atoms with Crippen molar-refractivity contribution in [2.24, 2.45) is 18.9 Å². The zero-order valence-corrected chi connectivity index (χ0v) is 31.9. The van der Waals surface area contributed by atoms with Crippen molar-refractivity contribution >= 4 is 51.9 Å². The molecule has 8 rings (SSSR count). The number of hydrogen-bond acceptors (Lipinski definition) is 10. The van der Waals surface area contributed by atoms with Gasteiger partial charge in [-0.2, -0.15) is 0 Å². The number of carboxylic acids is 1. The topological polar surface area (TPSA) is 153 Å². The number of β-amino-alcohol motifs (C(OH)–C–C–N with tert-alkyl or cyclic N) is 1. The highest BCUT2D eigenvalue weighted by Gasteiger charge is 2.31. The summed E-state index contributed by atoms with van der Waals surface area (Å²) in [4.78, 5) is 48.4. The third kappa shape index (κ3) is 7.79. The molecule has 3 N–H and O–H groups in total. The molecule has 286 valence electrons. The first-order chi connectivity index (χ1) is 26.6. The van der Waals surface area contributed by atoms with Crippen molar-refractivity contribution in [3.05, 3.63) is 89.4 Å². The molecule has 14 heteroatoms. The molecule has 13 nitrogen and oxygen atoms in total. The molecule has 0 radical (unpaired) electrons. The molecule has 55 heavy (non-hydrogen) atoms. The van der Waals surface area contributed by atoms with Gasteiger partial charge in [-0.05, 0) is 91.5 Å². The number of nitrogens with zero attached hydrogens (tertiary/aromatic N) is 8. The van der Waals surface area contributed by atoms with Crippen LogP contribution >= 0.6 is 11.8 Å². The summed E-state index contributed by atoms with van der Waals surface area (Å²) < 4.78 is 3.02. The van der Waals surface area contributed by atoms with Gasteiger partial charge < -0.3 is 20.1 Å². The fourth-order valence-corrected chi connectivity index (χ4v) is 8.66. The first kappa shape index (κ1) is 37.0. The molecule has 5 heterocycles. The number of anilines is 3. The smallest absolute Gasteiger partial charge is 0.308 e. The maximum Gasteiger partial charge on any atom is 0.308 e. The fraction of sp³-hybridized carbons (Fsp3) is 0.415. The minimum Gasteiger partial charge on any atom is -0.481 e. The Hall–Kier alpha value is -4.95. The van der Waals surface area contributed by atoms with Crippen LogP contribution in [0.1, 0.15) is 65.2 Å². The molecule has 0 spiro atoms. The van der Waals surface area contributed by atoms with Gasteiger partial charge in [0.1, 0.15) is 11.8 Å². The molecule has 2 aliphatic heterocycles. The molecule has 1 unspecified atom stereocenters. The average Bonchev–Trinajstić information content (AvgIpc) is 3.76. The molecular formula is C41H46ClN9O4. The number of nitrogens with one attached hydrogen (secondary N) is 1. The molecule has 1 saturated heterocycles. The van der Waals surface area contributed by atoms with Crippen LogP contribution in [0.15, 0.2) is 61.1 Å². The Kier molecular flexibility index (Phi) is 10.5. The number of aliphatic hydroxyl groups is 1. The summed E-state index contributed by atoms with van der Waals surface area (Å²) in [6.45, 7) is 6.71. The summed E-state index contributed by atoms with van der Waals surface area (Å²) in [5.41, 5.74) is 8.62. The Balaban J connectivity index is 0.958. The second kappa shape index (κ2) is 15.7. The predicted molar refractivity (Wildman–Crippen MR) is 211 cm³/mol. The number of halogens is 1. The normalized spacial score (nSPS) is 20.4. The Bertz CT molecular complexity index is 2240. The van der Waals surface area contributed by atoms with E-state index in [1.165, 1.54) is 6.33 Å². The number of carboxylic acid groups (broad SMARTS) is 1. The lowest BCUT2D eigenvalue weighted by atomic mass is 9.81. The van der Waals surface area contributed by atoms with Crippen LogP contribution < -0.4 is 9.74 Å². The van der Waals surface area contributed by atoms with E-state index in [4.69, 9.17) is 21.7 Å². The van der Waals surface area contributed by atoms with Crippen molar-refractivity contribution in [1.29, 1.82) is 0 Å². The molecule has 1 saturated carbocycles. The number of benzene rings is 2. The van der Waals surface area contributed by atoms with Gasteiger partial charge in [0, 0.05) is 82.1 Å². The highest BCUT2D eigenvalue weighted by molar-refractivity contribution is 6.38. The molecular weight excluding hydrogens is 718 g/mol. The Morgan fingerprint density at radius 2 is 1.82 bits per heavy atom. The number of aliphatic hydroxyl groups excluding tert-OH is 1. The highest BCUT2D eigenvalue weighted by atomic mass is 35.5. The van der Waals surface area contributed by atoms with Crippen LogP contribution in [0, 0.1) is 18.8 Å². The van der Waals surface area contributed by atoms with Gasteiger partial charge in [-0.3, -0.25) is 24.4 Å². The standard InChI is InChI=1S/C41H46ClN9O4/c1-25-32(7-4-8-33(25)46-38-37-34(44-24-45-38)17-27(19-43-37)21-49-15-13-31(52)22-49)29-5-3-6-30(18-29)51(42)40(53)39-47-35-23-50(16-14-36(35)48(39)2)20-26-9-11-28(12-10-26)41(54)55/h3-8,17-19,24,26,28,31,52H,9-16,20-23H2,1-2H3,(H,54,55)(H,44,45,46). The third-order valence-electron chi connectivity index (χ3n) is 11.6. The van der Waals surface area contributed by atoms with Crippen LogP contribution in [0.5, 0.6) is 0 Å². The Labute approximate surface area is 325 Å².